The van der Waals surface area contributed by atoms with Gasteiger partial charge in [0.15, 0.2) is 11.6 Å². The summed E-state index contributed by atoms with van der Waals surface area (Å²) in [6.07, 6.45) is 4.47. The molecule has 1 aliphatic heterocycles. The predicted molar refractivity (Wildman–Crippen MR) is 106 cm³/mol. The molecule has 0 aromatic heterocycles. The van der Waals surface area contributed by atoms with Gasteiger partial charge in [0.1, 0.15) is 11.4 Å². The van der Waals surface area contributed by atoms with Crippen LogP contribution in [0.15, 0.2) is 11.3 Å². The second-order valence-electron chi connectivity index (χ2n) is 11.5. The van der Waals surface area contributed by atoms with E-state index < -0.39 is 10.8 Å². The van der Waals surface area contributed by atoms with E-state index >= 15 is 0 Å². The summed E-state index contributed by atoms with van der Waals surface area (Å²) in [5, 5.41) is 0. The molecule has 1 heterocycles. The van der Waals surface area contributed by atoms with Crippen LogP contribution in [-0.2, 0) is 14.3 Å². The minimum Gasteiger partial charge on any atom is -0.490 e. The van der Waals surface area contributed by atoms with Gasteiger partial charge in [0.05, 0.1) is 10.8 Å². The van der Waals surface area contributed by atoms with Gasteiger partial charge in [-0.15, -0.1) is 0 Å². The molecular weight excluding hydrogens is 336 g/mol. The van der Waals surface area contributed by atoms with Crippen molar-refractivity contribution in [3.63, 3.8) is 0 Å². The summed E-state index contributed by atoms with van der Waals surface area (Å²) in [5.41, 5.74) is -0.609. The molecule has 4 rings (SSSR count). The molecular formula is C24H36O3. The van der Waals surface area contributed by atoms with E-state index in [4.69, 9.17) is 4.74 Å². The Kier molecular flexibility index (Phi) is 3.75. The van der Waals surface area contributed by atoms with Crippen LogP contribution in [0.2, 0.25) is 0 Å². The fraction of sp³-hybridized carbons (Fsp3) is 0.833. The average Bonchev–Trinajstić information content (AvgIpc) is 3.27. The van der Waals surface area contributed by atoms with Gasteiger partial charge in [-0.1, -0.05) is 27.7 Å². The Morgan fingerprint density at radius 1 is 0.926 bits per heavy atom. The third kappa shape index (κ3) is 2.20. The van der Waals surface area contributed by atoms with Crippen molar-refractivity contribution in [2.45, 2.75) is 86.7 Å². The molecule has 0 bridgehead atoms. The highest BCUT2D eigenvalue weighted by atomic mass is 16.5. The normalized spacial score (nSPS) is 41.9. The van der Waals surface area contributed by atoms with Crippen LogP contribution in [0.4, 0.5) is 0 Å². The lowest BCUT2D eigenvalue weighted by Gasteiger charge is -2.51. The Bertz CT molecular complexity index is 754. The molecule has 0 aromatic carbocycles. The van der Waals surface area contributed by atoms with E-state index in [0.29, 0.717) is 28.9 Å². The summed E-state index contributed by atoms with van der Waals surface area (Å²) in [6, 6.07) is 0. The maximum Gasteiger partial charge on any atom is 0.175 e. The van der Waals surface area contributed by atoms with Crippen molar-refractivity contribution in [3.8, 4) is 0 Å². The number of carbonyl (C=O) groups is 2. The smallest absolute Gasteiger partial charge is 0.175 e. The van der Waals surface area contributed by atoms with Gasteiger partial charge in [-0.05, 0) is 76.5 Å². The average molecular weight is 373 g/mol. The molecule has 3 heteroatoms. The first-order valence-electron chi connectivity index (χ1n) is 10.8. The fourth-order valence-electron chi connectivity index (χ4n) is 6.79. The topological polar surface area (TPSA) is 43.4 Å². The van der Waals surface area contributed by atoms with Gasteiger partial charge in [0.25, 0.3) is 0 Å². The standard InChI is InChI=1S/C24H36O3/c1-13(2)15-11-24(10-9-23(14(3)4)12-16(23)24)27-19-17(15)18(25)21(5,6)20(26)22(19,7)8/h13-16H,9-12H2,1-8H3/t15-,16+,23-,24+/m0/s1. The van der Waals surface area contributed by atoms with Crippen molar-refractivity contribution >= 4 is 11.6 Å². The van der Waals surface area contributed by atoms with Crippen molar-refractivity contribution in [3.05, 3.63) is 11.3 Å². The molecule has 27 heavy (non-hydrogen) atoms. The number of fused-ring (bicyclic) bond motifs is 2. The van der Waals surface area contributed by atoms with Crippen LogP contribution >= 0.6 is 0 Å². The lowest BCUT2D eigenvalue weighted by Crippen LogP contribution is -2.55. The molecule has 1 spiro atoms. The fourth-order valence-corrected chi connectivity index (χ4v) is 6.79. The zero-order valence-electron chi connectivity index (χ0n) is 18.4. The number of carbonyl (C=O) groups excluding carboxylic acids is 2. The van der Waals surface area contributed by atoms with E-state index in [9.17, 15) is 9.59 Å². The van der Waals surface area contributed by atoms with E-state index in [1.54, 1.807) is 13.8 Å². The van der Waals surface area contributed by atoms with Crippen LogP contribution in [0, 0.1) is 39.9 Å². The van der Waals surface area contributed by atoms with Gasteiger partial charge in [-0.3, -0.25) is 9.59 Å². The molecule has 0 N–H and O–H groups in total. The minimum absolute atomic E-state index is 0.000656. The number of hydrogen-bond acceptors (Lipinski definition) is 3. The van der Waals surface area contributed by atoms with Crippen LogP contribution in [0.1, 0.15) is 81.1 Å². The molecule has 4 aliphatic rings. The molecule has 150 valence electrons. The quantitative estimate of drug-likeness (QED) is 0.615. The monoisotopic (exact) mass is 372 g/mol. The summed E-state index contributed by atoms with van der Waals surface area (Å²) in [7, 11) is 0. The van der Waals surface area contributed by atoms with Gasteiger partial charge >= 0.3 is 0 Å². The molecule has 0 amide bonds. The Balaban J connectivity index is 1.85. The predicted octanol–water partition coefficient (Wildman–Crippen LogP) is 5.33. The number of hydrogen-bond donors (Lipinski definition) is 0. The largest absolute Gasteiger partial charge is 0.490 e. The number of Topliss-reactive ketones (excluding diaryl/α,β-unsaturated/α-hetero) is 2. The summed E-state index contributed by atoms with van der Waals surface area (Å²) >= 11 is 0. The van der Waals surface area contributed by atoms with Gasteiger partial charge in [0.2, 0.25) is 0 Å². The molecule has 0 saturated heterocycles. The number of allylic oxidation sites excluding steroid dienone is 2. The third-order valence-electron chi connectivity index (χ3n) is 8.72. The van der Waals surface area contributed by atoms with Crippen molar-refractivity contribution < 1.29 is 14.3 Å². The van der Waals surface area contributed by atoms with E-state index in [2.05, 4.69) is 27.7 Å². The first-order valence-corrected chi connectivity index (χ1v) is 10.8. The van der Waals surface area contributed by atoms with Crippen LogP contribution in [-0.4, -0.2) is 17.2 Å². The molecule has 0 unspecified atom stereocenters. The number of ether oxygens (including phenoxy) is 1. The maximum atomic E-state index is 13.4. The minimum atomic E-state index is -0.958. The first kappa shape index (κ1) is 19.2. The SMILES string of the molecule is CC(C)[C@@H]1C[C@@]2(CC[C@@]3(C(C)C)C[C@@H]23)OC2=C1C(=O)C(C)(C)C(=O)C2(C)C. The first-order chi connectivity index (χ1) is 12.3. The Morgan fingerprint density at radius 2 is 1.56 bits per heavy atom. The van der Waals surface area contributed by atoms with E-state index in [0.717, 1.165) is 18.4 Å². The van der Waals surface area contributed by atoms with Crippen molar-refractivity contribution in [2.24, 2.45) is 39.9 Å². The van der Waals surface area contributed by atoms with E-state index in [1.165, 1.54) is 12.8 Å². The zero-order valence-corrected chi connectivity index (χ0v) is 18.4. The molecule has 3 nitrogen and oxygen atoms in total. The Hall–Kier alpha value is -1.12. The third-order valence-corrected chi connectivity index (χ3v) is 8.72. The number of rotatable bonds is 2. The van der Waals surface area contributed by atoms with Crippen LogP contribution in [0.3, 0.4) is 0 Å². The highest BCUT2D eigenvalue weighted by molar-refractivity contribution is 6.19. The summed E-state index contributed by atoms with van der Waals surface area (Å²) in [4.78, 5) is 26.6. The molecule has 4 atom stereocenters. The maximum absolute atomic E-state index is 13.4. The van der Waals surface area contributed by atoms with Crippen molar-refractivity contribution in [2.75, 3.05) is 0 Å². The van der Waals surface area contributed by atoms with Gasteiger partial charge in [0, 0.05) is 11.5 Å². The Labute approximate surface area is 164 Å². The van der Waals surface area contributed by atoms with Gasteiger partial charge in [-0.2, -0.15) is 0 Å². The molecule has 0 radical (unpaired) electrons. The van der Waals surface area contributed by atoms with Crippen molar-refractivity contribution in [1.82, 2.24) is 0 Å². The lowest BCUT2D eigenvalue weighted by atomic mass is 9.58. The summed E-state index contributed by atoms with van der Waals surface area (Å²) in [6.45, 7) is 16.6. The van der Waals surface area contributed by atoms with Crippen LogP contribution < -0.4 is 0 Å². The Morgan fingerprint density at radius 3 is 2.04 bits per heavy atom. The summed E-state index contributed by atoms with van der Waals surface area (Å²) < 4.78 is 6.84. The summed E-state index contributed by atoms with van der Waals surface area (Å²) in [5.74, 6) is 2.52. The lowest BCUT2D eigenvalue weighted by molar-refractivity contribution is -0.152. The molecule has 2 fully saturated rings. The number of ketones is 2. The molecule has 2 saturated carbocycles. The van der Waals surface area contributed by atoms with Gasteiger partial charge in [-0.25, -0.2) is 0 Å². The second kappa shape index (κ2) is 5.27. The second-order valence-corrected chi connectivity index (χ2v) is 11.5. The van der Waals surface area contributed by atoms with Crippen molar-refractivity contribution in [1.29, 1.82) is 0 Å². The van der Waals surface area contributed by atoms with Crippen LogP contribution in [0.5, 0.6) is 0 Å². The van der Waals surface area contributed by atoms with E-state index in [1.807, 2.05) is 13.8 Å². The van der Waals surface area contributed by atoms with Gasteiger partial charge < -0.3 is 4.74 Å². The van der Waals surface area contributed by atoms with E-state index in [-0.39, 0.29) is 23.1 Å². The highest BCUT2D eigenvalue weighted by Crippen LogP contribution is 2.75. The van der Waals surface area contributed by atoms with Crippen LogP contribution in [0.25, 0.3) is 0 Å². The molecule has 0 aromatic rings. The molecule has 3 aliphatic carbocycles. The zero-order chi connectivity index (χ0) is 20.2. The highest BCUT2D eigenvalue weighted by Gasteiger charge is 2.73.